The minimum atomic E-state index is -0.288. The number of nitrogens with zero attached hydrogens (tertiary/aromatic N) is 2. The monoisotopic (exact) mass is 270 g/mol. The van der Waals surface area contributed by atoms with Crippen LogP contribution in [0.3, 0.4) is 0 Å². The highest BCUT2D eigenvalue weighted by Crippen LogP contribution is 2.16. The standard InChI is InChI=1S/C13H14N6O/c1-7(16-13(20)8-6-15-19-11(8)14)12-17-9-4-2-3-5-10(9)18-12/h2-7H,1H3,(H,16,20)(H,17,18)(H3,14,15,19). The van der Waals surface area contributed by atoms with Crippen molar-refractivity contribution in [2.24, 2.45) is 0 Å². The summed E-state index contributed by atoms with van der Waals surface area (Å²) in [7, 11) is 0. The second kappa shape index (κ2) is 4.69. The minimum absolute atomic E-state index is 0.249. The van der Waals surface area contributed by atoms with Gasteiger partial charge in [-0.25, -0.2) is 4.98 Å². The fourth-order valence-electron chi connectivity index (χ4n) is 2.00. The SMILES string of the molecule is CC(NC(=O)c1cn[nH]c1N)c1nc2ccccc2[nH]1. The Hall–Kier alpha value is -2.83. The number of hydrogen-bond donors (Lipinski definition) is 4. The van der Waals surface area contributed by atoms with E-state index in [1.54, 1.807) is 0 Å². The molecule has 2 aromatic heterocycles. The molecule has 7 heteroatoms. The molecular weight excluding hydrogens is 256 g/mol. The number of aromatic nitrogens is 4. The zero-order chi connectivity index (χ0) is 14.1. The van der Waals surface area contributed by atoms with Gasteiger partial charge >= 0.3 is 0 Å². The van der Waals surface area contributed by atoms with Crippen molar-refractivity contribution in [2.75, 3.05) is 5.73 Å². The van der Waals surface area contributed by atoms with E-state index in [4.69, 9.17) is 5.73 Å². The second-order valence-electron chi connectivity index (χ2n) is 4.53. The van der Waals surface area contributed by atoms with Gasteiger partial charge in [0.2, 0.25) is 0 Å². The summed E-state index contributed by atoms with van der Waals surface area (Å²) in [6, 6.07) is 7.44. The van der Waals surface area contributed by atoms with Crippen LogP contribution in [0.25, 0.3) is 11.0 Å². The molecule has 7 nitrogen and oxygen atoms in total. The number of nitrogen functional groups attached to an aromatic ring is 1. The fraction of sp³-hybridized carbons (Fsp3) is 0.154. The quantitative estimate of drug-likeness (QED) is 0.575. The number of fused-ring (bicyclic) bond motifs is 1. The van der Waals surface area contributed by atoms with Crippen LogP contribution in [0, 0.1) is 0 Å². The van der Waals surface area contributed by atoms with Crippen molar-refractivity contribution < 1.29 is 4.79 Å². The lowest BCUT2D eigenvalue weighted by Crippen LogP contribution is -2.27. The number of hydrogen-bond acceptors (Lipinski definition) is 4. The van der Waals surface area contributed by atoms with Gasteiger partial charge in [-0.2, -0.15) is 5.10 Å². The number of carbonyl (C=O) groups is 1. The highest BCUT2D eigenvalue weighted by Gasteiger charge is 2.17. The molecule has 0 fully saturated rings. The highest BCUT2D eigenvalue weighted by atomic mass is 16.1. The Morgan fingerprint density at radius 1 is 1.40 bits per heavy atom. The minimum Gasteiger partial charge on any atom is -0.383 e. The summed E-state index contributed by atoms with van der Waals surface area (Å²) in [4.78, 5) is 19.7. The fourth-order valence-corrected chi connectivity index (χ4v) is 2.00. The molecule has 1 unspecified atom stereocenters. The van der Waals surface area contributed by atoms with Gasteiger partial charge in [-0.3, -0.25) is 9.89 Å². The number of anilines is 1. The van der Waals surface area contributed by atoms with Crippen LogP contribution in [0.4, 0.5) is 5.82 Å². The Balaban J connectivity index is 1.80. The van der Waals surface area contributed by atoms with Crippen molar-refractivity contribution in [3.63, 3.8) is 0 Å². The summed E-state index contributed by atoms with van der Waals surface area (Å²) in [5.41, 5.74) is 7.75. The van der Waals surface area contributed by atoms with Crippen molar-refractivity contribution in [3.05, 3.63) is 41.9 Å². The average Bonchev–Trinajstić information content (AvgIpc) is 3.04. The van der Waals surface area contributed by atoms with E-state index in [1.165, 1.54) is 6.20 Å². The smallest absolute Gasteiger partial charge is 0.257 e. The molecule has 0 spiro atoms. The molecule has 1 aromatic carbocycles. The summed E-state index contributed by atoms with van der Waals surface area (Å²) in [6.07, 6.45) is 1.40. The number of imidazole rings is 1. The lowest BCUT2D eigenvalue weighted by molar-refractivity contribution is 0.0939. The predicted octanol–water partition coefficient (Wildman–Crippen LogP) is 1.36. The van der Waals surface area contributed by atoms with Crippen LogP contribution in [0.15, 0.2) is 30.5 Å². The molecule has 0 aliphatic carbocycles. The Bertz CT molecular complexity index is 726. The van der Waals surface area contributed by atoms with Crippen LogP contribution in [0.2, 0.25) is 0 Å². The first-order valence-corrected chi connectivity index (χ1v) is 6.19. The zero-order valence-corrected chi connectivity index (χ0v) is 10.8. The van der Waals surface area contributed by atoms with Crippen LogP contribution in [-0.4, -0.2) is 26.1 Å². The molecule has 0 aliphatic heterocycles. The number of benzene rings is 1. The van der Waals surface area contributed by atoms with E-state index >= 15 is 0 Å². The number of nitrogens with two attached hydrogens (primary N) is 1. The van der Waals surface area contributed by atoms with E-state index in [-0.39, 0.29) is 17.8 Å². The summed E-state index contributed by atoms with van der Waals surface area (Å²) in [5.74, 6) is 0.658. The van der Waals surface area contributed by atoms with E-state index in [9.17, 15) is 4.79 Å². The van der Waals surface area contributed by atoms with E-state index in [0.717, 1.165) is 11.0 Å². The van der Waals surface area contributed by atoms with Crippen LogP contribution in [0.5, 0.6) is 0 Å². The summed E-state index contributed by atoms with van der Waals surface area (Å²) < 4.78 is 0. The maximum absolute atomic E-state index is 12.0. The van der Waals surface area contributed by atoms with Gasteiger partial charge in [0.1, 0.15) is 17.2 Å². The topological polar surface area (TPSA) is 112 Å². The number of amides is 1. The first-order chi connectivity index (χ1) is 9.65. The van der Waals surface area contributed by atoms with Crippen LogP contribution >= 0.6 is 0 Å². The van der Waals surface area contributed by atoms with Gasteiger partial charge in [0.05, 0.1) is 23.3 Å². The van der Waals surface area contributed by atoms with Crippen LogP contribution in [-0.2, 0) is 0 Å². The Morgan fingerprint density at radius 2 is 2.20 bits per heavy atom. The van der Waals surface area contributed by atoms with Gasteiger partial charge in [0, 0.05) is 0 Å². The molecule has 2 heterocycles. The summed E-state index contributed by atoms with van der Waals surface area (Å²) >= 11 is 0. The number of rotatable bonds is 3. The summed E-state index contributed by atoms with van der Waals surface area (Å²) in [6.45, 7) is 1.85. The van der Waals surface area contributed by atoms with Gasteiger partial charge in [0.15, 0.2) is 0 Å². The summed E-state index contributed by atoms with van der Waals surface area (Å²) in [5, 5.41) is 9.08. The number of aromatic amines is 2. The average molecular weight is 270 g/mol. The van der Waals surface area contributed by atoms with Gasteiger partial charge in [-0.05, 0) is 19.1 Å². The third-order valence-corrected chi connectivity index (χ3v) is 3.08. The molecular formula is C13H14N6O. The van der Waals surface area contributed by atoms with Gasteiger partial charge in [-0.15, -0.1) is 0 Å². The lowest BCUT2D eigenvalue weighted by atomic mass is 10.2. The molecule has 20 heavy (non-hydrogen) atoms. The van der Waals surface area contributed by atoms with E-state index in [1.807, 2.05) is 31.2 Å². The number of para-hydroxylation sites is 2. The predicted molar refractivity (Wildman–Crippen MR) is 75.0 cm³/mol. The molecule has 3 aromatic rings. The molecule has 5 N–H and O–H groups in total. The number of H-pyrrole nitrogens is 2. The molecule has 1 amide bonds. The van der Waals surface area contributed by atoms with Crippen molar-refractivity contribution in [1.29, 1.82) is 0 Å². The Kier molecular flexibility index (Phi) is 2.86. The van der Waals surface area contributed by atoms with E-state index in [2.05, 4.69) is 25.5 Å². The molecule has 0 aliphatic rings. The van der Waals surface area contributed by atoms with Crippen molar-refractivity contribution >= 4 is 22.8 Å². The molecule has 0 saturated heterocycles. The molecule has 1 atom stereocenters. The second-order valence-corrected chi connectivity index (χ2v) is 4.53. The largest absolute Gasteiger partial charge is 0.383 e. The Morgan fingerprint density at radius 3 is 2.90 bits per heavy atom. The first-order valence-electron chi connectivity index (χ1n) is 6.19. The lowest BCUT2D eigenvalue weighted by Gasteiger charge is -2.10. The molecule has 0 bridgehead atoms. The molecule has 0 saturated carbocycles. The van der Waals surface area contributed by atoms with E-state index in [0.29, 0.717) is 11.4 Å². The highest BCUT2D eigenvalue weighted by molar-refractivity contribution is 5.98. The van der Waals surface area contributed by atoms with Crippen molar-refractivity contribution in [1.82, 2.24) is 25.5 Å². The maximum Gasteiger partial charge on any atom is 0.257 e. The maximum atomic E-state index is 12.0. The normalized spacial score (nSPS) is 12.4. The molecule has 0 radical (unpaired) electrons. The van der Waals surface area contributed by atoms with Gasteiger partial charge in [0.25, 0.3) is 5.91 Å². The van der Waals surface area contributed by atoms with E-state index < -0.39 is 0 Å². The molecule has 3 rings (SSSR count). The first kappa shape index (κ1) is 12.2. The van der Waals surface area contributed by atoms with Crippen LogP contribution in [0.1, 0.15) is 29.1 Å². The van der Waals surface area contributed by atoms with Crippen molar-refractivity contribution in [3.8, 4) is 0 Å². The Labute approximate surface area is 114 Å². The molecule has 102 valence electrons. The third-order valence-electron chi connectivity index (χ3n) is 3.08. The third kappa shape index (κ3) is 2.09. The van der Waals surface area contributed by atoms with Crippen LogP contribution < -0.4 is 11.1 Å². The van der Waals surface area contributed by atoms with Crippen molar-refractivity contribution in [2.45, 2.75) is 13.0 Å². The van der Waals surface area contributed by atoms with Gasteiger partial charge in [-0.1, -0.05) is 12.1 Å². The number of nitrogens with one attached hydrogen (secondary N) is 3. The van der Waals surface area contributed by atoms with Gasteiger partial charge < -0.3 is 16.0 Å². The zero-order valence-electron chi connectivity index (χ0n) is 10.8. The number of carbonyl (C=O) groups excluding carboxylic acids is 1.